The summed E-state index contributed by atoms with van der Waals surface area (Å²) in [4.78, 5) is 0. The fourth-order valence-corrected chi connectivity index (χ4v) is 1.34. The Balaban J connectivity index is 0.000000127. The van der Waals surface area contributed by atoms with Crippen LogP contribution in [0.15, 0.2) is 47.2 Å². The SMILES string of the molecule is CC1(C)C=CC=C1.c1ccsc1. The van der Waals surface area contributed by atoms with Crippen LogP contribution in [0.5, 0.6) is 0 Å². The largest absolute Gasteiger partial charge is 0.152 e. The van der Waals surface area contributed by atoms with Crippen LogP contribution in [0.3, 0.4) is 0 Å². The average Bonchev–Trinajstić information content (AvgIpc) is 2.60. The van der Waals surface area contributed by atoms with E-state index >= 15 is 0 Å². The third kappa shape index (κ3) is 3.54. The Bertz CT molecular complexity index is 221. The molecule has 0 N–H and O–H groups in total. The summed E-state index contributed by atoms with van der Waals surface area (Å²) < 4.78 is 0. The van der Waals surface area contributed by atoms with Gasteiger partial charge in [-0.3, -0.25) is 0 Å². The van der Waals surface area contributed by atoms with Gasteiger partial charge < -0.3 is 0 Å². The molecule has 1 aromatic heterocycles. The second kappa shape index (κ2) is 4.27. The van der Waals surface area contributed by atoms with E-state index in [9.17, 15) is 0 Å². The third-order valence-electron chi connectivity index (χ3n) is 1.59. The zero-order valence-electron chi connectivity index (χ0n) is 7.53. The monoisotopic (exact) mass is 178 g/mol. The first-order chi connectivity index (χ1) is 5.71. The predicted molar refractivity (Wildman–Crippen MR) is 56.4 cm³/mol. The van der Waals surface area contributed by atoms with Gasteiger partial charge in [0.25, 0.3) is 0 Å². The van der Waals surface area contributed by atoms with Gasteiger partial charge in [0.05, 0.1) is 0 Å². The Kier molecular flexibility index (Phi) is 3.30. The first-order valence-corrected chi connectivity index (χ1v) is 4.99. The van der Waals surface area contributed by atoms with Crippen LogP contribution in [-0.2, 0) is 0 Å². The van der Waals surface area contributed by atoms with E-state index in [1.54, 1.807) is 11.3 Å². The molecule has 1 aliphatic rings. The molecule has 0 radical (unpaired) electrons. The van der Waals surface area contributed by atoms with E-state index in [2.05, 4.69) is 38.2 Å². The lowest BCUT2D eigenvalue weighted by Crippen LogP contribution is -1.97. The van der Waals surface area contributed by atoms with Gasteiger partial charge >= 0.3 is 0 Å². The number of thiophene rings is 1. The molecule has 1 heterocycles. The Hall–Kier alpha value is -0.820. The highest BCUT2D eigenvalue weighted by molar-refractivity contribution is 7.07. The Morgan fingerprint density at radius 3 is 1.58 bits per heavy atom. The molecule has 0 bridgehead atoms. The molecular formula is C11H14S. The van der Waals surface area contributed by atoms with Crippen LogP contribution in [0.4, 0.5) is 0 Å². The second-order valence-electron chi connectivity index (χ2n) is 3.33. The van der Waals surface area contributed by atoms with E-state index in [4.69, 9.17) is 0 Å². The second-order valence-corrected chi connectivity index (χ2v) is 4.15. The molecule has 0 aromatic carbocycles. The highest BCUT2D eigenvalue weighted by Crippen LogP contribution is 2.22. The van der Waals surface area contributed by atoms with Gasteiger partial charge in [-0.2, -0.15) is 11.3 Å². The summed E-state index contributed by atoms with van der Waals surface area (Å²) in [7, 11) is 0. The van der Waals surface area contributed by atoms with Crippen LogP contribution >= 0.6 is 11.3 Å². The molecule has 0 spiro atoms. The molecule has 1 aliphatic carbocycles. The molecule has 1 heteroatoms. The average molecular weight is 178 g/mol. The van der Waals surface area contributed by atoms with Crippen molar-refractivity contribution in [3.63, 3.8) is 0 Å². The summed E-state index contributed by atoms with van der Waals surface area (Å²) in [6.07, 6.45) is 8.54. The van der Waals surface area contributed by atoms with Crippen molar-refractivity contribution in [2.75, 3.05) is 0 Å². The van der Waals surface area contributed by atoms with Gasteiger partial charge in [-0.1, -0.05) is 50.3 Å². The fraction of sp³-hybridized carbons (Fsp3) is 0.273. The maximum atomic E-state index is 2.19. The van der Waals surface area contributed by atoms with Gasteiger partial charge in [0, 0.05) is 5.41 Å². The quantitative estimate of drug-likeness (QED) is 0.565. The number of rotatable bonds is 0. The van der Waals surface area contributed by atoms with Crippen LogP contribution in [0, 0.1) is 5.41 Å². The molecule has 0 atom stereocenters. The van der Waals surface area contributed by atoms with Crippen LogP contribution in [0.2, 0.25) is 0 Å². The Morgan fingerprint density at radius 1 is 0.917 bits per heavy atom. The highest BCUT2D eigenvalue weighted by atomic mass is 32.1. The molecule has 0 aliphatic heterocycles. The molecule has 0 saturated heterocycles. The van der Waals surface area contributed by atoms with Crippen molar-refractivity contribution in [3.8, 4) is 0 Å². The summed E-state index contributed by atoms with van der Waals surface area (Å²) in [5, 5.41) is 4.08. The molecule has 0 nitrogen and oxygen atoms in total. The molecular weight excluding hydrogens is 164 g/mol. The lowest BCUT2D eigenvalue weighted by molar-refractivity contribution is 0.636. The standard InChI is InChI=1S/C7H10.C4H4S/c1-7(2)5-3-4-6-7;1-2-4-5-3-1/h3-6H,1-2H3;1-4H. The van der Waals surface area contributed by atoms with Gasteiger partial charge in [0.2, 0.25) is 0 Å². The maximum absolute atomic E-state index is 2.19. The highest BCUT2D eigenvalue weighted by Gasteiger charge is 2.09. The summed E-state index contributed by atoms with van der Waals surface area (Å²) in [6, 6.07) is 4.04. The summed E-state index contributed by atoms with van der Waals surface area (Å²) in [6.45, 7) is 4.38. The number of allylic oxidation sites excluding steroid dienone is 4. The summed E-state index contributed by atoms with van der Waals surface area (Å²) in [5.41, 5.74) is 0.333. The number of hydrogen-bond acceptors (Lipinski definition) is 1. The molecule has 0 unspecified atom stereocenters. The van der Waals surface area contributed by atoms with Crippen molar-refractivity contribution in [1.29, 1.82) is 0 Å². The molecule has 12 heavy (non-hydrogen) atoms. The first-order valence-electron chi connectivity index (χ1n) is 4.05. The minimum Gasteiger partial charge on any atom is -0.152 e. The van der Waals surface area contributed by atoms with Crippen molar-refractivity contribution >= 4 is 11.3 Å². The Labute approximate surface area is 78.2 Å². The van der Waals surface area contributed by atoms with Gasteiger partial charge in [0.15, 0.2) is 0 Å². The van der Waals surface area contributed by atoms with E-state index in [1.165, 1.54) is 0 Å². The minimum atomic E-state index is 0.333. The van der Waals surface area contributed by atoms with Crippen molar-refractivity contribution in [3.05, 3.63) is 47.2 Å². The molecule has 0 fully saturated rings. The summed E-state index contributed by atoms with van der Waals surface area (Å²) in [5.74, 6) is 0. The van der Waals surface area contributed by atoms with Crippen LogP contribution < -0.4 is 0 Å². The van der Waals surface area contributed by atoms with E-state index in [0.717, 1.165) is 0 Å². The van der Waals surface area contributed by atoms with Crippen molar-refractivity contribution in [2.45, 2.75) is 13.8 Å². The topological polar surface area (TPSA) is 0 Å². The molecule has 2 rings (SSSR count). The van der Waals surface area contributed by atoms with E-state index < -0.39 is 0 Å². The summed E-state index contributed by atoms with van der Waals surface area (Å²) >= 11 is 1.71. The van der Waals surface area contributed by atoms with Crippen LogP contribution in [-0.4, -0.2) is 0 Å². The van der Waals surface area contributed by atoms with Gasteiger partial charge in [-0.05, 0) is 10.8 Å². The molecule has 64 valence electrons. The lowest BCUT2D eigenvalue weighted by Gasteiger charge is -2.08. The zero-order chi connectivity index (χ0) is 8.86. The smallest absolute Gasteiger partial charge is 0.00106 e. The lowest BCUT2D eigenvalue weighted by atomic mass is 9.97. The van der Waals surface area contributed by atoms with Gasteiger partial charge in [-0.25, -0.2) is 0 Å². The van der Waals surface area contributed by atoms with Crippen LogP contribution in [0.1, 0.15) is 13.8 Å². The van der Waals surface area contributed by atoms with E-state index in [1.807, 2.05) is 22.9 Å². The van der Waals surface area contributed by atoms with Crippen molar-refractivity contribution < 1.29 is 0 Å². The van der Waals surface area contributed by atoms with Gasteiger partial charge in [-0.15, -0.1) is 0 Å². The zero-order valence-corrected chi connectivity index (χ0v) is 8.34. The normalized spacial score (nSPS) is 17.2. The van der Waals surface area contributed by atoms with E-state index in [-0.39, 0.29) is 0 Å². The fourth-order valence-electron chi connectivity index (χ4n) is 0.889. The predicted octanol–water partition coefficient (Wildman–Crippen LogP) is 3.89. The molecule has 1 aromatic rings. The molecule has 0 saturated carbocycles. The van der Waals surface area contributed by atoms with Gasteiger partial charge in [0.1, 0.15) is 0 Å². The minimum absolute atomic E-state index is 0.333. The number of hydrogen-bond donors (Lipinski definition) is 0. The van der Waals surface area contributed by atoms with Crippen molar-refractivity contribution in [2.24, 2.45) is 5.41 Å². The van der Waals surface area contributed by atoms with Crippen molar-refractivity contribution in [1.82, 2.24) is 0 Å². The van der Waals surface area contributed by atoms with E-state index in [0.29, 0.717) is 5.41 Å². The maximum Gasteiger partial charge on any atom is 0.00106 e. The Morgan fingerprint density at radius 2 is 1.42 bits per heavy atom. The van der Waals surface area contributed by atoms with Crippen LogP contribution in [0.25, 0.3) is 0 Å². The molecule has 0 amide bonds. The first kappa shape index (κ1) is 9.27. The third-order valence-corrected chi connectivity index (χ3v) is 2.22.